The van der Waals surface area contributed by atoms with Crippen molar-refractivity contribution in [3.8, 4) is 5.88 Å². The first-order valence-corrected chi connectivity index (χ1v) is 19.6. The molecule has 4 amide bonds. The number of aromatic nitrogens is 2. The van der Waals surface area contributed by atoms with E-state index in [4.69, 9.17) is 9.47 Å². The molecule has 1 aromatic heterocycles. The minimum atomic E-state index is -4.96. The number of fused-ring (bicyclic) bond motifs is 3. The van der Waals surface area contributed by atoms with Crippen LogP contribution in [0.15, 0.2) is 36.4 Å². The Morgan fingerprint density at radius 3 is 2.37 bits per heavy atom. The quantitative estimate of drug-likeness (QED) is 0.358. The van der Waals surface area contributed by atoms with Crippen molar-refractivity contribution in [2.75, 3.05) is 6.54 Å². The van der Waals surface area contributed by atoms with E-state index in [0.29, 0.717) is 38.5 Å². The molecule has 2 aliphatic carbocycles. The molecule has 3 fully saturated rings. The van der Waals surface area contributed by atoms with Crippen molar-refractivity contribution < 1.29 is 50.2 Å². The summed E-state index contributed by atoms with van der Waals surface area (Å²) in [5.74, 6) is -3.88. The third-order valence-electron chi connectivity index (χ3n) is 10.3. The fraction of sp³-hybridized carbons (Fsp3) is 0.611. The van der Waals surface area contributed by atoms with Crippen molar-refractivity contribution in [1.82, 2.24) is 30.2 Å². The monoisotopic (exact) mass is 778 g/mol. The molecule has 3 N–H and O–H groups in total. The Morgan fingerprint density at radius 2 is 1.72 bits per heavy atom. The third-order valence-corrected chi connectivity index (χ3v) is 12.4. The minimum Gasteiger partial charge on any atom is -0.471 e. The van der Waals surface area contributed by atoms with E-state index in [0.717, 1.165) is 4.90 Å². The fourth-order valence-electron chi connectivity index (χ4n) is 6.80. The number of nitrogens with one attached hydrogen (secondary N) is 3. The van der Waals surface area contributed by atoms with Crippen molar-refractivity contribution in [2.45, 2.75) is 126 Å². The zero-order valence-electron chi connectivity index (χ0n) is 30.5. The SMILES string of the molecule is CC(C)(C)OC(=O)N[C@H]1CCCCC/C=C\[C@@H]2C[C@@]2(C(=O)NS(=O)(=O)C2(C)CC2)NC(=O)[C@@H]2C[C@@H](Oc3nc4ccccc4nc3C(F)(F)F)CN2C1=O. The van der Waals surface area contributed by atoms with Gasteiger partial charge in [-0.15, -0.1) is 0 Å². The van der Waals surface area contributed by atoms with Gasteiger partial charge in [-0.3, -0.25) is 19.1 Å². The van der Waals surface area contributed by atoms with Crippen LogP contribution in [0.1, 0.15) is 91.2 Å². The first-order valence-electron chi connectivity index (χ1n) is 18.1. The number of hydrogen-bond acceptors (Lipinski definition) is 10. The van der Waals surface area contributed by atoms with Crippen LogP contribution in [0.25, 0.3) is 11.0 Å². The number of sulfonamides is 1. The molecule has 6 rings (SSSR count). The zero-order chi connectivity index (χ0) is 39.3. The van der Waals surface area contributed by atoms with Crippen LogP contribution in [0.3, 0.4) is 0 Å². The van der Waals surface area contributed by atoms with Gasteiger partial charge < -0.3 is 25.0 Å². The molecule has 1 aromatic carbocycles. The van der Waals surface area contributed by atoms with Crippen LogP contribution in [-0.4, -0.2) is 87.7 Å². The van der Waals surface area contributed by atoms with Gasteiger partial charge in [-0.2, -0.15) is 13.2 Å². The molecule has 0 radical (unpaired) electrons. The number of nitrogens with zero attached hydrogens (tertiary/aromatic N) is 3. The Morgan fingerprint density at radius 1 is 1.04 bits per heavy atom. The smallest absolute Gasteiger partial charge is 0.438 e. The maximum Gasteiger partial charge on any atom is 0.438 e. The lowest BCUT2D eigenvalue weighted by molar-refractivity contribution is -0.143. The second kappa shape index (κ2) is 14.3. The average molecular weight is 779 g/mol. The summed E-state index contributed by atoms with van der Waals surface area (Å²) in [7, 11) is -4.08. The highest BCUT2D eigenvalue weighted by Crippen LogP contribution is 2.47. The zero-order valence-corrected chi connectivity index (χ0v) is 31.3. The van der Waals surface area contributed by atoms with Crippen LogP contribution in [0, 0.1) is 5.92 Å². The Labute approximate surface area is 311 Å². The molecule has 18 heteroatoms. The average Bonchev–Trinajstić information content (AvgIpc) is 3.95. The second-order valence-corrected chi connectivity index (χ2v) is 18.0. The Kier molecular flexibility index (Phi) is 10.4. The van der Waals surface area contributed by atoms with Crippen molar-refractivity contribution >= 4 is 44.9 Å². The summed E-state index contributed by atoms with van der Waals surface area (Å²) >= 11 is 0. The topological polar surface area (TPSA) is 186 Å². The van der Waals surface area contributed by atoms with E-state index in [9.17, 15) is 40.8 Å². The van der Waals surface area contributed by atoms with Crippen LogP contribution >= 0.6 is 0 Å². The molecule has 294 valence electrons. The highest BCUT2D eigenvalue weighted by Gasteiger charge is 2.63. The number of para-hydroxylation sites is 2. The van der Waals surface area contributed by atoms with Gasteiger partial charge in [-0.25, -0.2) is 23.2 Å². The van der Waals surface area contributed by atoms with Gasteiger partial charge in [0.2, 0.25) is 33.4 Å². The Balaban J connectivity index is 1.34. The molecular formula is C36H45F3N6O8S. The first-order chi connectivity index (χ1) is 25.2. The summed E-state index contributed by atoms with van der Waals surface area (Å²) in [5.41, 5.74) is -3.84. The molecule has 5 atom stereocenters. The molecule has 54 heavy (non-hydrogen) atoms. The van der Waals surface area contributed by atoms with Crippen molar-refractivity contribution in [3.63, 3.8) is 0 Å². The van der Waals surface area contributed by atoms with Crippen molar-refractivity contribution in [3.05, 3.63) is 42.1 Å². The van der Waals surface area contributed by atoms with Gasteiger partial charge in [0, 0.05) is 12.3 Å². The summed E-state index contributed by atoms with van der Waals surface area (Å²) < 4.78 is 81.2. The van der Waals surface area contributed by atoms with Crippen LogP contribution < -0.4 is 20.1 Å². The highest BCUT2D eigenvalue weighted by molar-refractivity contribution is 7.91. The summed E-state index contributed by atoms with van der Waals surface area (Å²) in [5, 5.41) is 5.32. The second-order valence-electron chi connectivity index (χ2n) is 15.8. The number of hydrogen-bond donors (Lipinski definition) is 3. The number of ether oxygens (including phenoxy) is 2. The molecule has 3 heterocycles. The molecule has 4 aliphatic rings. The van der Waals surface area contributed by atoms with Crippen LogP contribution in [0.2, 0.25) is 0 Å². The summed E-state index contributed by atoms with van der Waals surface area (Å²) in [6.07, 6.45) is -0.295. The maximum atomic E-state index is 14.4. The van der Waals surface area contributed by atoms with Crippen LogP contribution in [-0.2, 0) is 35.3 Å². The lowest BCUT2D eigenvalue weighted by Crippen LogP contribution is -2.58. The Bertz CT molecular complexity index is 1960. The molecule has 0 unspecified atom stereocenters. The lowest BCUT2D eigenvalue weighted by Gasteiger charge is -2.30. The molecule has 1 saturated heterocycles. The number of rotatable bonds is 6. The van der Waals surface area contributed by atoms with E-state index in [1.807, 2.05) is 6.08 Å². The number of allylic oxidation sites excluding steroid dienone is 1. The van der Waals surface area contributed by atoms with E-state index in [-0.39, 0.29) is 36.8 Å². The van der Waals surface area contributed by atoms with Crippen LogP contribution in [0.4, 0.5) is 18.0 Å². The summed E-state index contributed by atoms with van der Waals surface area (Å²) in [6.45, 7) is 6.09. The van der Waals surface area contributed by atoms with Gasteiger partial charge >= 0.3 is 12.3 Å². The molecule has 14 nitrogen and oxygen atoms in total. The van der Waals surface area contributed by atoms with E-state index in [2.05, 4.69) is 25.3 Å². The number of alkyl carbamates (subject to hydrolysis) is 1. The van der Waals surface area contributed by atoms with E-state index in [1.165, 1.54) is 25.1 Å². The fourth-order valence-corrected chi connectivity index (χ4v) is 8.12. The molecule has 2 saturated carbocycles. The van der Waals surface area contributed by atoms with Crippen LogP contribution in [0.5, 0.6) is 5.88 Å². The molecule has 2 aromatic rings. The third kappa shape index (κ3) is 8.42. The standard InChI is InChI=1S/C36H45F3N6O8S/c1-33(2,3)53-32(49)42-25-15-9-7-5-6-8-12-21-19-35(21,31(48)44-54(50,51)34(4)16-17-34)43-28(46)26-18-22(20-45(26)30(25)47)52-29-27(36(37,38)39)40-23-13-10-11-14-24(23)41-29/h8,10-14,21-22,25-26H,5-7,9,15-20H2,1-4H3,(H,42,49)(H,43,46)(H,44,48)/b12-8-/t21-,22-,25+,26+,35-/m1/s1. The number of amides is 4. The van der Waals surface area contributed by atoms with Gasteiger partial charge in [0.05, 0.1) is 22.3 Å². The number of alkyl halides is 3. The first kappa shape index (κ1) is 39.2. The molecule has 0 bridgehead atoms. The van der Waals surface area contributed by atoms with E-state index < -0.39 is 91.6 Å². The minimum absolute atomic E-state index is 0.0174. The largest absolute Gasteiger partial charge is 0.471 e. The number of benzene rings is 1. The van der Waals surface area contributed by atoms with Crippen molar-refractivity contribution in [1.29, 1.82) is 0 Å². The van der Waals surface area contributed by atoms with E-state index in [1.54, 1.807) is 32.9 Å². The highest BCUT2D eigenvalue weighted by atomic mass is 32.2. The predicted molar refractivity (Wildman–Crippen MR) is 188 cm³/mol. The van der Waals surface area contributed by atoms with Gasteiger partial charge in [0.25, 0.3) is 5.91 Å². The Hall–Kier alpha value is -4.48. The number of halogens is 3. The normalized spacial score (nSPS) is 28.0. The molecular weight excluding hydrogens is 733 g/mol. The van der Waals surface area contributed by atoms with Crippen molar-refractivity contribution in [2.24, 2.45) is 5.92 Å². The van der Waals surface area contributed by atoms with E-state index >= 15 is 0 Å². The number of carbonyl (C=O) groups is 4. The van der Waals surface area contributed by atoms with Gasteiger partial charge in [-0.1, -0.05) is 37.1 Å². The summed E-state index contributed by atoms with van der Waals surface area (Å²) in [4.78, 5) is 64.3. The van der Waals surface area contributed by atoms with Gasteiger partial charge in [0.1, 0.15) is 29.3 Å². The van der Waals surface area contributed by atoms with Gasteiger partial charge in [-0.05, 0) is 78.4 Å². The lowest BCUT2D eigenvalue weighted by atomic mass is 10.0. The molecule has 0 spiro atoms. The summed E-state index contributed by atoms with van der Waals surface area (Å²) in [6, 6.07) is 3.34. The predicted octanol–water partition coefficient (Wildman–Crippen LogP) is 4.28. The maximum absolute atomic E-state index is 14.4. The molecule has 2 aliphatic heterocycles. The van der Waals surface area contributed by atoms with Gasteiger partial charge in [0.15, 0.2) is 0 Å². The number of carbonyl (C=O) groups excluding carboxylic acids is 4.